The van der Waals surface area contributed by atoms with E-state index in [-0.39, 0.29) is 17.6 Å². The van der Waals surface area contributed by atoms with Crippen LogP contribution in [0.3, 0.4) is 0 Å². The van der Waals surface area contributed by atoms with Gasteiger partial charge in [-0.3, -0.25) is 19.3 Å². The smallest absolute Gasteiger partial charge is 0.261 e. The molecule has 2 heterocycles. The molecule has 0 saturated carbocycles. The predicted molar refractivity (Wildman–Crippen MR) is 70.6 cm³/mol. The number of aldehydes is 1. The van der Waals surface area contributed by atoms with E-state index in [1.807, 2.05) is 0 Å². The number of imide groups is 1. The van der Waals surface area contributed by atoms with Gasteiger partial charge in [-0.25, -0.2) is 0 Å². The van der Waals surface area contributed by atoms with Crippen LogP contribution in [0.5, 0.6) is 0 Å². The molecule has 1 aliphatic heterocycles. The SMILES string of the molecule is CCN1C(=O)c2ccc(-c3ccc(C=O)o3)cc2C1=O. The van der Waals surface area contributed by atoms with Crippen molar-refractivity contribution >= 4 is 18.1 Å². The molecule has 0 aliphatic carbocycles. The standard InChI is InChI=1S/C15H11NO4/c1-2-16-14(18)11-5-3-9(7-12(11)15(16)19)13-6-4-10(8-17)20-13/h3-8H,2H2,1H3. The number of carbonyl (C=O) groups excluding carboxylic acids is 3. The van der Waals surface area contributed by atoms with E-state index in [9.17, 15) is 14.4 Å². The first-order valence-electron chi connectivity index (χ1n) is 6.21. The van der Waals surface area contributed by atoms with Crippen molar-refractivity contribution in [3.05, 3.63) is 47.2 Å². The van der Waals surface area contributed by atoms with Crippen LogP contribution >= 0.6 is 0 Å². The highest BCUT2D eigenvalue weighted by Crippen LogP contribution is 2.29. The van der Waals surface area contributed by atoms with Crippen LogP contribution in [0.15, 0.2) is 34.7 Å². The lowest BCUT2D eigenvalue weighted by molar-refractivity contribution is 0.0662. The molecule has 0 atom stereocenters. The molecule has 0 spiro atoms. The number of nitrogens with zero attached hydrogens (tertiary/aromatic N) is 1. The van der Waals surface area contributed by atoms with Crippen molar-refractivity contribution < 1.29 is 18.8 Å². The molecule has 0 bridgehead atoms. The number of hydrogen-bond acceptors (Lipinski definition) is 4. The number of fused-ring (bicyclic) bond motifs is 1. The second kappa shape index (κ2) is 4.45. The topological polar surface area (TPSA) is 67.6 Å². The van der Waals surface area contributed by atoms with E-state index in [0.717, 1.165) is 0 Å². The molecule has 1 aromatic heterocycles. The average Bonchev–Trinajstić information content (AvgIpc) is 3.03. The molecule has 0 fully saturated rings. The zero-order valence-corrected chi connectivity index (χ0v) is 10.8. The van der Waals surface area contributed by atoms with Crippen molar-refractivity contribution in [2.45, 2.75) is 6.92 Å². The molecule has 0 unspecified atom stereocenters. The molecular formula is C15H11NO4. The zero-order chi connectivity index (χ0) is 14.3. The van der Waals surface area contributed by atoms with Crippen LogP contribution in [-0.4, -0.2) is 29.5 Å². The van der Waals surface area contributed by atoms with Gasteiger partial charge in [-0.15, -0.1) is 0 Å². The first-order chi connectivity index (χ1) is 9.65. The lowest BCUT2D eigenvalue weighted by atomic mass is 10.0. The van der Waals surface area contributed by atoms with Gasteiger partial charge in [0.15, 0.2) is 12.0 Å². The lowest BCUT2D eigenvalue weighted by Gasteiger charge is -2.08. The summed E-state index contributed by atoms with van der Waals surface area (Å²) in [5, 5.41) is 0. The molecule has 2 aromatic rings. The molecule has 0 radical (unpaired) electrons. The minimum absolute atomic E-state index is 0.220. The Kier molecular flexibility index (Phi) is 2.75. The van der Waals surface area contributed by atoms with Gasteiger partial charge in [0.05, 0.1) is 11.1 Å². The highest BCUT2D eigenvalue weighted by atomic mass is 16.3. The fourth-order valence-corrected chi connectivity index (χ4v) is 2.30. The second-order valence-electron chi connectivity index (χ2n) is 4.43. The predicted octanol–water partition coefficient (Wildman–Crippen LogP) is 2.38. The summed E-state index contributed by atoms with van der Waals surface area (Å²) in [6, 6.07) is 8.16. The van der Waals surface area contributed by atoms with Gasteiger partial charge in [0.2, 0.25) is 0 Å². The van der Waals surface area contributed by atoms with E-state index in [1.54, 1.807) is 37.3 Å². The minimum atomic E-state index is -0.295. The van der Waals surface area contributed by atoms with Crippen LogP contribution in [0.1, 0.15) is 38.2 Å². The van der Waals surface area contributed by atoms with E-state index in [0.29, 0.717) is 35.3 Å². The second-order valence-corrected chi connectivity index (χ2v) is 4.43. The maximum atomic E-state index is 12.1. The summed E-state index contributed by atoms with van der Waals surface area (Å²) >= 11 is 0. The molecule has 1 aromatic carbocycles. The highest BCUT2D eigenvalue weighted by molar-refractivity contribution is 6.21. The molecule has 5 heteroatoms. The van der Waals surface area contributed by atoms with Crippen LogP contribution in [-0.2, 0) is 0 Å². The van der Waals surface area contributed by atoms with Gasteiger partial charge in [0.25, 0.3) is 11.8 Å². The fraction of sp³-hybridized carbons (Fsp3) is 0.133. The van der Waals surface area contributed by atoms with E-state index in [4.69, 9.17) is 4.42 Å². The quantitative estimate of drug-likeness (QED) is 0.633. The van der Waals surface area contributed by atoms with Crippen molar-refractivity contribution in [2.75, 3.05) is 6.54 Å². The van der Waals surface area contributed by atoms with Crippen LogP contribution < -0.4 is 0 Å². The van der Waals surface area contributed by atoms with Gasteiger partial charge in [0, 0.05) is 12.1 Å². The Balaban J connectivity index is 2.07. The third-order valence-corrected chi connectivity index (χ3v) is 3.31. The summed E-state index contributed by atoms with van der Waals surface area (Å²) < 4.78 is 5.32. The average molecular weight is 269 g/mol. The molecule has 5 nitrogen and oxygen atoms in total. The molecular weight excluding hydrogens is 258 g/mol. The maximum absolute atomic E-state index is 12.1. The molecule has 1 aliphatic rings. The van der Waals surface area contributed by atoms with Crippen LogP contribution in [0, 0.1) is 0 Å². The third kappa shape index (κ3) is 1.67. The Labute approximate surface area is 114 Å². The van der Waals surface area contributed by atoms with Gasteiger partial charge in [0.1, 0.15) is 5.76 Å². The lowest BCUT2D eigenvalue weighted by Crippen LogP contribution is -2.29. The van der Waals surface area contributed by atoms with E-state index in [1.165, 1.54) is 4.90 Å². The molecule has 100 valence electrons. The van der Waals surface area contributed by atoms with E-state index in [2.05, 4.69) is 0 Å². The van der Waals surface area contributed by atoms with Gasteiger partial charge >= 0.3 is 0 Å². The van der Waals surface area contributed by atoms with Gasteiger partial charge in [-0.2, -0.15) is 0 Å². The Morgan fingerprint density at radius 2 is 1.85 bits per heavy atom. The monoisotopic (exact) mass is 269 g/mol. The Morgan fingerprint density at radius 1 is 1.10 bits per heavy atom. The van der Waals surface area contributed by atoms with Crippen molar-refractivity contribution in [3.63, 3.8) is 0 Å². The summed E-state index contributed by atoms with van der Waals surface area (Å²) in [6.07, 6.45) is 0.615. The first-order valence-corrected chi connectivity index (χ1v) is 6.21. The van der Waals surface area contributed by atoms with Crippen LogP contribution in [0.4, 0.5) is 0 Å². The number of amides is 2. The highest BCUT2D eigenvalue weighted by Gasteiger charge is 2.34. The van der Waals surface area contributed by atoms with Crippen molar-refractivity contribution in [3.8, 4) is 11.3 Å². The molecule has 3 rings (SSSR count). The molecule has 20 heavy (non-hydrogen) atoms. The Hall–Kier alpha value is -2.69. The first kappa shape index (κ1) is 12.3. The fourth-order valence-electron chi connectivity index (χ4n) is 2.30. The summed E-state index contributed by atoms with van der Waals surface area (Å²) in [5.41, 5.74) is 1.44. The van der Waals surface area contributed by atoms with Gasteiger partial charge in [-0.1, -0.05) is 6.07 Å². The summed E-state index contributed by atoms with van der Waals surface area (Å²) in [6.45, 7) is 2.10. The molecule has 0 saturated heterocycles. The number of rotatable bonds is 3. The van der Waals surface area contributed by atoms with Crippen molar-refractivity contribution in [1.29, 1.82) is 0 Å². The maximum Gasteiger partial charge on any atom is 0.261 e. The number of carbonyl (C=O) groups is 3. The van der Waals surface area contributed by atoms with E-state index >= 15 is 0 Å². The van der Waals surface area contributed by atoms with Crippen LogP contribution in [0.2, 0.25) is 0 Å². The van der Waals surface area contributed by atoms with Crippen molar-refractivity contribution in [1.82, 2.24) is 4.90 Å². The number of furan rings is 1. The molecule has 2 amide bonds. The normalized spacial score (nSPS) is 13.8. The summed E-state index contributed by atoms with van der Waals surface area (Å²) in [4.78, 5) is 35.9. The van der Waals surface area contributed by atoms with Gasteiger partial charge in [-0.05, 0) is 31.2 Å². The number of hydrogen-bond donors (Lipinski definition) is 0. The minimum Gasteiger partial charge on any atom is -0.453 e. The summed E-state index contributed by atoms with van der Waals surface area (Å²) in [7, 11) is 0. The number of benzene rings is 1. The Morgan fingerprint density at radius 3 is 2.50 bits per heavy atom. The van der Waals surface area contributed by atoms with Crippen molar-refractivity contribution in [2.24, 2.45) is 0 Å². The zero-order valence-electron chi connectivity index (χ0n) is 10.8. The third-order valence-electron chi connectivity index (χ3n) is 3.31. The summed E-state index contributed by atoms with van der Waals surface area (Å²) in [5.74, 6) is 0.145. The largest absolute Gasteiger partial charge is 0.453 e. The molecule has 0 N–H and O–H groups in total. The van der Waals surface area contributed by atoms with Crippen LogP contribution in [0.25, 0.3) is 11.3 Å². The van der Waals surface area contributed by atoms with Gasteiger partial charge < -0.3 is 4.42 Å². The van der Waals surface area contributed by atoms with E-state index < -0.39 is 0 Å². The Bertz CT molecular complexity index is 729.